The van der Waals surface area contributed by atoms with Crippen LogP contribution in [0.5, 0.6) is 0 Å². The smallest absolute Gasteiger partial charge is 0.327 e. The molecule has 0 aliphatic carbocycles. The monoisotopic (exact) mass is 321 g/mol. The van der Waals surface area contributed by atoms with E-state index in [-0.39, 0.29) is 5.92 Å². The second-order valence-electron chi connectivity index (χ2n) is 5.06. The summed E-state index contributed by atoms with van der Waals surface area (Å²) in [6.07, 6.45) is 0.428. The normalized spacial score (nSPS) is 21.0. The second-order valence-corrected chi connectivity index (χ2v) is 5.86. The lowest BCUT2D eigenvalue weighted by molar-refractivity contribution is -0.138. The van der Waals surface area contributed by atoms with Gasteiger partial charge in [-0.2, -0.15) is 0 Å². The average molecular weight is 322 g/mol. The van der Waals surface area contributed by atoms with Crippen LogP contribution in [0.1, 0.15) is 23.5 Å². The third-order valence-electron chi connectivity index (χ3n) is 3.83. The molecule has 2 atom stereocenters. The Morgan fingerprint density at radius 2 is 1.81 bits per heavy atom. The number of carboxylic acid groups (broad SMARTS) is 1. The zero-order valence-electron chi connectivity index (χ0n) is 11.0. The molecular weight excluding hydrogens is 309 g/mol. The number of carboxylic acids is 1. The van der Waals surface area contributed by atoms with Gasteiger partial charge in [-0.15, -0.1) is 0 Å². The van der Waals surface area contributed by atoms with Crippen LogP contribution in [0.15, 0.2) is 48.5 Å². The fourth-order valence-corrected chi connectivity index (χ4v) is 3.24. The maximum absolute atomic E-state index is 11.5. The molecule has 0 aromatic heterocycles. The minimum Gasteiger partial charge on any atom is -0.480 e. The van der Waals surface area contributed by atoms with Gasteiger partial charge < -0.3 is 5.11 Å². The van der Waals surface area contributed by atoms with Crippen molar-refractivity contribution in [1.82, 2.24) is 0 Å². The highest BCUT2D eigenvalue weighted by molar-refractivity contribution is 6.30. The van der Waals surface area contributed by atoms with Gasteiger partial charge >= 0.3 is 5.97 Å². The largest absolute Gasteiger partial charge is 0.480 e. The SMILES string of the molecule is O=C(O)C1CC(c2ccc(Cl)cc2)c2ccccc2N1Cl. The molecule has 0 spiro atoms. The van der Waals surface area contributed by atoms with E-state index in [0.717, 1.165) is 16.8 Å². The number of halogens is 2. The molecule has 1 heterocycles. The van der Waals surface area contributed by atoms with Gasteiger partial charge in [-0.05, 0) is 35.7 Å². The summed E-state index contributed by atoms with van der Waals surface area (Å²) in [5.41, 5.74) is 2.83. The average Bonchev–Trinajstić information content (AvgIpc) is 2.49. The summed E-state index contributed by atoms with van der Waals surface area (Å²) < 4.78 is 1.32. The van der Waals surface area contributed by atoms with Crippen molar-refractivity contribution in [2.75, 3.05) is 4.42 Å². The van der Waals surface area contributed by atoms with Crippen LogP contribution in [0.4, 0.5) is 5.69 Å². The summed E-state index contributed by atoms with van der Waals surface area (Å²) >= 11 is 12.1. The lowest BCUT2D eigenvalue weighted by atomic mass is 9.82. The predicted molar refractivity (Wildman–Crippen MR) is 84.1 cm³/mol. The molecule has 1 N–H and O–H groups in total. The van der Waals surface area contributed by atoms with Crippen LogP contribution in [-0.4, -0.2) is 17.1 Å². The Morgan fingerprint density at radius 3 is 2.48 bits per heavy atom. The summed E-state index contributed by atoms with van der Waals surface area (Å²) in [6.45, 7) is 0. The summed E-state index contributed by atoms with van der Waals surface area (Å²) in [6, 6.07) is 14.4. The van der Waals surface area contributed by atoms with Crippen LogP contribution in [0.25, 0.3) is 0 Å². The Bertz CT molecular complexity index is 672. The van der Waals surface area contributed by atoms with Crippen LogP contribution < -0.4 is 4.42 Å². The van der Waals surface area contributed by atoms with E-state index in [2.05, 4.69) is 0 Å². The molecule has 5 heteroatoms. The Kier molecular flexibility index (Phi) is 3.79. The van der Waals surface area contributed by atoms with Crippen molar-refractivity contribution in [3.8, 4) is 0 Å². The quantitative estimate of drug-likeness (QED) is 0.839. The summed E-state index contributed by atoms with van der Waals surface area (Å²) in [4.78, 5) is 11.5. The Hall–Kier alpha value is -1.71. The maximum atomic E-state index is 11.5. The van der Waals surface area contributed by atoms with Gasteiger partial charge in [0.05, 0.1) is 5.69 Å². The number of rotatable bonds is 2. The molecule has 3 nitrogen and oxygen atoms in total. The highest BCUT2D eigenvalue weighted by atomic mass is 35.5. The molecule has 0 fully saturated rings. The molecule has 0 radical (unpaired) electrons. The van der Waals surface area contributed by atoms with Gasteiger partial charge in [-0.1, -0.05) is 41.9 Å². The van der Waals surface area contributed by atoms with Gasteiger partial charge in [0.1, 0.15) is 6.04 Å². The van der Waals surface area contributed by atoms with E-state index in [0.29, 0.717) is 11.4 Å². The molecule has 0 amide bonds. The van der Waals surface area contributed by atoms with Crippen molar-refractivity contribution >= 4 is 35.0 Å². The lowest BCUT2D eigenvalue weighted by Gasteiger charge is -2.36. The predicted octanol–water partition coefficient (Wildman–Crippen LogP) is 4.29. The van der Waals surface area contributed by atoms with E-state index in [4.69, 9.17) is 23.4 Å². The summed E-state index contributed by atoms with van der Waals surface area (Å²) in [5, 5.41) is 10.1. The molecule has 108 valence electrons. The topological polar surface area (TPSA) is 40.5 Å². The first-order valence-electron chi connectivity index (χ1n) is 6.60. The number of hydrogen-bond acceptors (Lipinski definition) is 2. The first-order valence-corrected chi connectivity index (χ1v) is 7.31. The zero-order valence-corrected chi connectivity index (χ0v) is 12.6. The fourth-order valence-electron chi connectivity index (χ4n) is 2.80. The van der Waals surface area contributed by atoms with Crippen molar-refractivity contribution in [2.24, 2.45) is 0 Å². The van der Waals surface area contributed by atoms with Gasteiger partial charge in [-0.3, -0.25) is 4.42 Å². The summed E-state index contributed by atoms with van der Waals surface area (Å²) in [7, 11) is 0. The maximum Gasteiger partial charge on any atom is 0.327 e. The minimum atomic E-state index is -0.918. The number of fused-ring (bicyclic) bond motifs is 1. The van der Waals surface area contributed by atoms with Gasteiger partial charge in [-0.25, -0.2) is 4.79 Å². The minimum absolute atomic E-state index is 0.00503. The highest BCUT2D eigenvalue weighted by Gasteiger charge is 2.36. The number of hydrogen-bond donors (Lipinski definition) is 1. The molecular formula is C16H13Cl2NO2. The molecule has 0 bridgehead atoms. The van der Waals surface area contributed by atoms with Crippen LogP contribution >= 0.6 is 23.4 Å². The van der Waals surface area contributed by atoms with Gasteiger partial charge in [0.2, 0.25) is 0 Å². The van der Waals surface area contributed by atoms with Crippen LogP contribution in [0.2, 0.25) is 5.02 Å². The Labute approximate surface area is 132 Å². The molecule has 3 rings (SSSR count). The van der Waals surface area contributed by atoms with E-state index >= 15 is 0 Å². The standard InChI is InChI=1S/C16H13Cl2NO2/c17-11-7-5-10(6-8-11)13-9-15(16(20)21)19(18)14-4-2-1-3-12(13)14/h1-8,13,15H,9H2,(H,20,21). The van der Waals surface area contributed by atoms with E-state index in [1.165, 1.54) is 4.42 Å². The molecule has 2 aromatic rings. The van der Waals surface area contributed by atoms with Crippen molar-refractivity contribution in [1.29, 1.82) is 0 Å². The van der Waals surface area contributed by atoms with Gasteiger partial charge in [0, 0.05) is 22.7 Å². The first kappa shape index (κ1) is 14.2. The second kappa shape index (κ2) is 5.58. The van der Waals surface area contributed by atoms with E-state index in [1.807, 2.05) is 48.5 Å². The van der Waals surface area contributed by atoms with Gasteiger partial charge in [0.15, 0.2) is 0 Å². The van der Waals surface area contributed by atoms with Crippen LogP contribution in [0, 0.1) is 0 Å². The lowest BCUT2D eigenvalue weighted by Crippen LogP contribution is -2.40. The molecule has 21 heavy (non-hydrogen) atoms. The van der Waals surface area contributed by atoms with E-state index < -0.39 is 12.0 Å². The van der Waals surface area contributed by atoms with Crippen molar-refractivity contribution < 1.29 is 9.90 Å². The van der Waals surface area contributed by atoms with Crippen molar-refractivity contribution in [3.63, 3.8) is 0 Å². The number of aliphatic carboxylic acids is 1. The zero-order chi connectivity index (χ0) is 15.0. The molecule has 2 unspecified atom stereocenters. The number of para-hydroxylation sites is 1. The first-order chi connectivity index (χ1) is 10.1. The van der Waals surface area contributed by atoms with E-state index in [1.54, 1.807) is 0 Å². The number of benzene rings is 2. The van der Waals surface area contributed by atoms with Crippen LogP contribution in [-0.2, 0) is 4.79 Å². The van der Waals surface area contributed by atoms with Crippen molar-refractivity contribution in [3.05, 3.63) is 64.7 Å². The number of anilines is 1. The molecule has 0 saturated heterocycles. The Morgan fingerprint density at radius 1 is 1.14 bits per heavy atom. The molecule has 2 aromatic carbocycles. The fraction of sp³-hybridized carbons (Fsp3) is 0.188. The molecule has 1 aliphatic rings. The third kappa shape index (κ3) is 2.59. The van der Waals surface area contributed by atoms with Crippen molar-refractivity contribution in [2.45, 2.75) is 18.4 Å². The summed E-state index contributed by atoms with van der Waals surface area (Å²) in [5.74, 6) is -0.923. The molecule has 1 aliphatic heterocycles. The number of carbonyl (C=O) groups is 1. The highest BCUT2D eigenvalue weighted by Crippen LogP contribution is 2.43. The Balaban J connectivity index is 2.09. The van der Waals surface area contributed by atoms with Gasteiger partial charge in [0.25, 0.3) is 0 Å². The van der Waals surface area contributed by atoms with Crippen LogP contribution in [0.3, 0.4) is 0 Å². The third-order valence-corrected chi connectivity index (χ3v) is 4.50. The molecule has 0 saturated carbocycles. The van der Waals surface area contributed by atoms with E-state index in [9.17, 15) is 9.90 Å². The number of nitrogens with zero attached hydrogens (tertiary/aromatic N) is 1.